The molecule has 1 nitrogen and oxygen atoms in total. The summed E-state index contributed by atoms with van der Waals surface area (Å²) < 4.78 is 0. The van der Waals surface area contributed by atoms with Gasteiger partial charge in [0.15, 0.2) is 0 Å². The lowest BCUT2D eigenvalue weighted by atomic mass is 9.88. The van der Waals surface area contributed by atoms with Crippen molar-refractivity contribution in [1.82, 2.24) is 4.90 Å². The van der Waals surface area contributed by atoms with Gasteiger partial charge < -0.3 is 4.90 Å². The maximum absolute atomic E-state index is 2.42. The van der Waals surface area contributed by atoms with E-state index in [9.17, 15) is 0 Å². The minimum Gasteiger partial charge on any atom is -0.304 e. The molecular formula is C19H25N. The summed E-state index contributed by atoms with van der Waals surface area (Å²) in [5.41, 5.74) is 2.83. The Hall–Kier alpha value is -1.60. The Labute approximate surface area is 123 Å². The number of nitrogens with zero attached hydrogens (tertiary/aromatic N) is 1. The minimum absolute atomic E-state index is 0.485. The molecule has 0 aliphatic rings. The third-order valence-electron chi connectivity index (χ3n) is 4.06. The quantitative estimate of drug-likeness (QED) is 0.742. The molecule has 0 saturated carbocycles. The summed E-state index contributed by atoms with van der Waals surface area (Å²) in [6, 6.07) is 22.3. The molecule has 2 aromatic carbocycles. The van der Waals surface area contributed by atoms with Crippen LogP contribution in [0.4, 0.5) is 0 Å². The summed E-state index contributed by atoms with van der Waals surface area (Å²) in [7, 11) is 2.21. The molecule has 0 aromatic heterocycles. The lowest BCUT2D eigenvalue weighted by molar-refractivity contribution is 0.266. The molecule has 2 aromatic rings. The first-order valence-corrected chi connectivity index (χ1v) is 7.48. The van der Waals surface area contributed by atoms with Crippen LogP contribution in [0.25, 0.3) is 0 Å². The van der Waals surface area contributed by atoms with E-state index in [0.717, 1.165) is 13.0 Å². The maximum atomic E-state index is 2.42. The van der Waals surface area contributed by atoms with Gasteiger partial charge in [-0.1, -0.05) is 60.7 Å². The molecule has 0 spiro atoms. The maximum Gasteiger partial charge on any atom is 0.0101 e. The lowest BCUT2D eigenvalue weighted by Crippen LogP contribution is -2.28. The highest BCUT2D eigenvalue weighted by Crippen LogP contribution is 2.28. The first-order valence-electron chi connectivity index (χ1n) is 7.48. The molecular weight excluding hydrogens is 242 g/mol. The van der Waals surface area contributed by atoms with Gasteiger partial charge in [0.1, 0.15) is 0 Å². The van der Waals surface area contributed by atoms with Crippen molar-refractivity contribution in [2.45, 2.75) is 32.2 Å². The van der Waals surface area contributed by atoms with Crippen LogP contribution in [0.15, 0.2) is 60.7 Å². The van der Waals surface area contributed by atoms with E-state index in [1.54, 1.807) is 0 Å². The second kappa shape index (κ2) is 7.25. The summed E-state index contributed by atoms with van der Waals surface area (Å²) in [6.07, 6.45) is 1.16. The smallest absolute Gasteiger partial charge is 0.0101 e. The molecule has 0 fully saturated rings. The average molecular weight is 267 g/mol. The molecule has 20 heavy (non-hydrogen) atoms. The second-order valence-corrected chi connectivity index (χ2v) is 5.74. The molecule has 0 radical (unpaired) electrons. The summed E-state index contributed by atoms with van der Waals surface area (Å²) in [6.45, 7) is 5.62. The van der Waals surface area contributed by atoms with E-state index in [1.807, 2.05) is 0 Å². The molecule has 106 valence electrons. The molecule has 0 N–H and O–H groups in total. The SMILES string of the molecule is CC(C)N(C)CCC(c1ccccc1)c1ccccc1. The van der Waals surface area contributed by atoms with Crippen LogP contribution in [-0.4, -0.2) is 24.5 Å². The molecule has 0 bridgehead atoms. The van der Waals surface area contributed by atoms with Crippen molar-refractivity contribution in [3.05, 3.63) is 71.8 Å². The number of hydrogen-bond acceptors (Lipinski definition) is 1. The predicted octanol–water partition coefficient (Wildman–Crippen LogP) is 4.55. The minimum atomic E-state index is 0.485. The number of benzene rings is 2. The highest BCUT2D eigenvalue weighted by atomic mass is 15.1. The Bertz CT molecular complexity index is 450. The van der Waals surface area contributed by atoms with Gasteiger partial charge in [0, 0.05) is 12.0 Å². The Morgan fingerprint density at radius 1 is 0.800 bits per heavy atom. The van der Waals surface area contributed by atoms with E-state index in [4.69, 9.17) is 0 Å². The Morgan fingerprint density at radius 3 is 1.65 bits per heavy atom. The third-order valence-corrected chi connectivity index (χ3v) is 4.06. The van der Waals surface area contributed by atoms with Gasteiger partial charge in [0.2, 0.25) is 0 Å². The van der Waals surface area contributed by atoms with Crippen LogP contribution in [0.1, 0.15) is 37.3 Å². The van der Waals surface area contributed by atoms with Crippen molar-refractivity contribution in [3.8, 4) is 0 Å². The summed E-state index contributed by atoms with van der Waals surface area (Å²) >= 11 is 0. The molecule has 0 aliphatic carbocycles. The van der Waals surface area contributed by atoms with E-state index in [-0.39, 0.29) is 0 Å². The Kier molecular flexibility index (Phi) is 5.37. The van der Waals surface area contributed by atoms with Crippen LogP contribution in [-0.2, 0) is 0 Å². The van der Waals surface area contributed by atoms with Crippen LogP contribution in [0, 0.1) is 0 Å². The van der Waals surface area contributed by atoms with E-state index in [2.05, 4.69) is 86.5 Å². The fraction of sp³-hybridized carbons (Fsp3) is 0.368. The van der Waals surface area contributed by atoms with E-state index in [1.165, 1.54) is 11.1 Å². The van der Waals surface area contributed by atoms with Crippen LogP contribution < -0.4 is 0 Å². The molecule has 0 amide bonds. The van der Waals surface area contributed by atoms with Gasteiger partial charge in [-0.15, -0.1) is 0 Å². The van der Waals surface area contributed by atoms with Crippen molar-refractivity contribution in [1.29, 1.82) is 0 Å². The topological polar surface area (TPSA) is 3.24 Å². The molecule has 0 unspecified atom stereocenters. The van der Waals surface area contributed by atoms with Gasteiger partial charge >= 0.3 is 0 Å². The molecule has 0 aliphatic heterocycles. The van der Waals surface area contributed by atoms with Crippen LogP contribution in [0.2, 0.25) is 0 Å². The standard InChI is InChI=1S/C19H25N/c1-16(2)20(3)15-14-19(17-10-6-4-7-11-17)18-12-8-5-9-13-18/h4-13,16,19H,14-15H2,1-3H3. The van der Waals surface area contributed by atoms with E-state index in [0.29, 0.717) is 12.0 Å². The van der Waals surface area contributed by atoms with Crippen molar-refractivity contribution in [2.75, 3.05) is 13.6 Å². The van der Waals surface area contributed by atoms with Gasteiger partial charge in [-0.05, 0) is 45.0 Å². The zero-order valence-electron chi connectivity index (χ0n) is 12.8. The summed E-state index contributed by atoms with van der Waals surface area (Å²) in [4.78, 5) is 2.42. The second-order valence-electron chi connectivity index (χ2n) is 5.74. The number of rotatable bonds is 6. The van der Waals surface area contributed by atoms with Gasteiger partial charge in [-0.2, -0.15) is 0 Å². The fourth-order valence-corrected chi connectivity index (χ4v) is 2.49. The fourth-order valence-electron chi connectivity index (χ4n) is 2.49. The molecule has 0 atom stereocenters. The molecule has 0 saturated heterocycles. The van der Waals surface area contributed by atoms with Crippen molar-refractivity contribution >= 4 is 0 Å². The van der Waals surface area contributed by atoms with E-state index >= 15 is 0 Å². The van der Waals surface area contributed by atoms with Crippen LogP contribution in [0.3, 0.4) is 0 Å². The zero-order chi connectivity index (χ0) is 14.4. The van der Waals surface area contributed by atoms with Crippen molar-refractivity contribution in [3.63, 3.8) is 0 Å². The van der Waals surface area contributed by atoms with E-state index < -0.39 is 0 Å². The Balaban J connectivity index is 2.17. The molecule has 0 heterocycles. The van der Waals surface area contributed by atoms with Gasteiger partial charge in [0.05, 0.1) is 0 Å². The van der Waals surface area contributed by atoms with Crippen LogP contribution in [0.5, 0.6) is 0 Å². The normalized spacial score (nSPS) is 11.5. The highest BCUT2D eigenvalue weighted by Gasteiger charge is 2.15. The third kappa shape index (κ3) is 3.94. The van der Waals surface area contributed by atoms with Crippen LogP contribution >= 0.6 is 0 Å². The van der Waals surface area contributed by atoms with Gasteiger partial charge in [-0.25, -0.2) is 0 Å². The average Bonchev–Trinajstić information content (AvgIpc) is 2.49. The first kappa shape index (κ1) is 14.8. The molecule has 1 heteroatoms. The van der Waals surface area contributed by atoms with Crippen molar-refractivity contribution < 1.29 is 0 Å². The van der Waals surface area contributed by atoms with Crippen molar-refractivity contribution in [2.24, 2.45) is 0 Å². The first-order chi connectivity index (χ1) is 9.68. The number of hydrogen-bond donors (Lipinski definition) is 0. The lowest BCUT2D eigenvalue weighted by Gasteiger charge is -2.25. The zero-order valence-corrected chi connectivity index (χ0v) is 12.8. The monoisotopic (exact) mass is 267 g/mol. The Morgan fingerprint density at radius 2 is 1.25 bits per heavy atom. The predicted molar refractivity (Wildman–Crippen MR) is 87.1 cm³/mol. The van der Waals surface area contributed by atoms with Gasteiger partial charge in [-0.3, -0.25) is 0 Å². The van der Waals surface area contributed by atoms with Gasteiger partial charge in [0.25, 0.3) is 0 Å². The largest absolute Gasteiger partial charge is 0.304 e. The highest BCUT2D eigenvalue weighted by molar-refractivity contribution is 5.32. The summed E-state index contributed by atoms with van der Waals surface area (Å²) in [5, 5.41) is 0. The summed E-state index contributed by atoms with van der Waals surface area (Å²) in [5.74, 6) is 0.485. The molecule has 2 rings (SSSR count).